The number of rotatable bonds is 12. The summed E-state index contributed by atoms with van der Waals surface area (Å²) >= 11 is 0. The summed E-state index contributed by atoms with van der Waals surface area (Å²) in [7, 11) is 4.95. The molecule has 8 nitrogen and oxygen atoms in total. The number of nitrogens with one attached hydrogen (secondary N) is 1. The average Bonchev–Trinajstić information content (AvgIpc) is 3.06. The Balaban J connectivity index is 1.58. The number of phenols is 2. The lowest BCUT2D eigenvalue weighted by atomic mass is 9.69. The van der Waals surface area contributed by atoms with Crippen LogP contribution in [0.1, 0.15) is 74.5 Å². The Hall–Kier alpha value is -3.52. The molecule has 4 rings (SSSR count). The second-order valence-electron chi connectivity index (χ2n) is 11.3. The highest BCUT2D eigenvalue weighted by Crippen LogP contribution is 2.50. The van der Waals surface area contributed by atoms with E-state index in [1.807, 2.05) is 13.1 Å². The number of allylic oxidation sites excluding steroid dienone is 1. The van der Waals surface area contributed by atoms with Crippen LogP contribution in [0, 0.1) is 11.8 Å². The van der Waals surface area contributed by atoms with E-state index in [0.29, 0.717) is 49.1 Å². The zero-order valence-corrected chi connectivity index (χ0v) is 24.6. The summed E-state index contributed by atoms with van der Waals surface area (Å²) in [4.78, 5) is 25.7. The molecule has 2 aliphatic rings. The lowest BCUT2D eigenvalue weighted by Crippen LogP contribution is -2.27. The SMILES string of the molecule is CNCC1=CC2CCCCC2C(CC(=O)CC(CCc2ccc(O)c(OC)c2)OC(C)=O)c2cc(OC)c(O)cc21. The quantitative estimate of drug-likeness (QED) is 0.288. The van der Waals surface area contributed by atoms with Crippen LogP contribution in [0.5, 0.6) is 23.0 Å². The average molecular weight is 566 g/mol. The largest absolute Gasteiger partial charge is 0.504 e. The van der Waals surface area contributed by atoms with E-state index in [4.69, 9.17) is 14.2 Å². The van der Waals surface area contributed by atoms with Crippen molar-refractivity contribution in [1.29, 1.82) is 0 Å². The molecule has 4 unspecified atom stereocenters. The van der Waals surface area contributed by atoms with Crippen LogP contribution in [-0.2, 0) is 20.7 Å². The number of Topliss-reactive ketones (excluding diaryl/α,β-unsaturated/α-hetero) is 1. The van der Waals surface area contributed by atoms with Crippen LogP contribution in [0.15, 0.2) is 36.4 Å². The molecule has 2 aliphatic carbocycles. The molecule has 0 heterocycles. The number of aromatic hydroxyl groups is 2. The van der Waals surface area contributed by atoms with Crippen molar-refractivity contribution in [3.8, 4) is 23.0 Å². The summed E-state index contributed by atoms with van der Waals surface area (Å²) in [5, 5.41) is 23.8. The monoisotopic (exact) mass is 565 g/mol. The van der Waals surface area contributed by atoms with E-state index in [1.54, 1.807) is 31.4 Å². The fourth-order valence-corrected chi connectivity index (χ4v) is 6.64. The summed E-state index contributed by atoms with van der Waals surface area (Å²) in [6.45, 7) is 2.03. The van der Waals surface area contributed by atoms with Crippen LogP contribution in [0.4, 0.5) is 0 Å². The van der Waals surface area contributed by atoms with Crippen molar-refractivity contribution in [2.24, 2.45) is 11.8 Å². The predicted octanol–water partition coefficient (Wildman–Crippen LogP) is 5.54. The van der Waals surface area contributed by atoms with Crippen LogP contribution in [0.3, 0.4) is 0 Å². The topological polar surface area (TPSA) is 114 Å². The number of carbonyl (C=O) groups excluding carboxylic acids is 2. The number of fused-ring (bicyclic) bond motifs is 2. The molecular weight excluding hydrogens is 522 g/mol. The summed E-state index contributed by atoms with van der Waals surface area (Å²) in [5.41, 5.74) is 4.04. The molecule has 0 amide bonds. The molecule has 0 spiro atoms. The Bertz CT molecular complexity index is 1270. The van der Waals surface area contributed by atoms with Gasteiger partial charge in [0.15, 0.2) is 23.0 Å². The van der Waals surface area contributed by atoms with Crippen molar-refractivity contribution in [3.63, 3.8) is 0 Å². The third kappa shape index (κ3) is 7.41. The molecule has 2 aromatic rings. The molecule has 1 saturated carbocycles. The van der Waals surface area contributed by atoms with E-state index in [1.165, 1.54) is 14.0 Å². The van der Waals surface area contributed by atoms with Gasteiger partial charge in [0.1, 0.15) is 11.9 Å². The Morgan fingerprint density at radius 3 is 2.46 bits per heavy atom. The summed E-state index contributed by atoms with van der Waals surface area (Å²) in [5.74, 6) is 1.16. The molecule has 0 aromatic heterocycles. The number of esters is 1. The Morgan fingerprint density at radius 1 is 1.02 bits per heavy atom. The van der Waals surface area contributed by atoms with Crippen molar-refractivity contribution in [2.45, 2.75) is 70.3 Å². The van der Waals surface area contributed by atoms with Gasteiger partial charge >= 0.3 is 5.97 Å². The summed E-state index contributed by atoms with van der Waals surface area (Å²) < 4.78 is 16.3. The van der Waals surface area contributed by atoms with Gasteiger partial charge in [-0.1, -0.05) is 25.0 Å². The molecule has 1 fully saturated rings. The number of aryl methyl sites for hydroxylation is 1. The number of likely N-dealkylation sites (N-methyl/N-ethyl adjacent to an activating group) is 1. The third-order valence-corrected chi connectivity index (χ3v) is 8.51. The Morgan fingerprint density at radius 2 is 1.76 bits per heavy atom. The van der Waals surface area contributed by atoms with Crippen molar-refractivity contribution in [3.05, 3.63) is 53.1 Å². The zero-order valence-electron chi connectivity index (χ0n) is 24.6. The van der Waals surface area contributed by atoms with Gasteiger partial charge in [0, 0.05) is 26.3 Å². The molecule has 0 radical (unpaired) electrons. The summed E-state index contributed by atoms with van der Waals surface area (Å²) in [6.07, 6.45) is 7.68. The molecule has 0 bridgehead atoms. The maximum Gasteiger partial charge on any atom is 0.302 e. The number of carbonyl (C=O) groups is 2. The highest BCUT2D eigenvalue weighted by Gasteiger charge is 2.38. The number of hydrogen-bond donors (Lipinski definition) is 3. The first-order valence-corrected chi connectivity index (χ1v) is 14.5. The lowest BCUT2D eigenvalue weighted by Gasteiger charge is -2.35. The maximum absolute atomic E-state index is 13.7. The van der Waals surface area contributed by atoms with Gasteiger partial charge in [-0.25, -0.2) is 0 Å². The van der Waals surface area contributed by atoms with Crippen LogP contribution in [0.2, 0.25) is 0 Å². The minimum Gasteiger partial charge on any atom is -0.504 e. The van der Waals surface area contributed by atoms with E-state index < -0.39 is 12.1 Å². The molecule has 0 saturated heterocycles. The molecule has 0 aliphatic heterocycles. The Kier molecular flexibility index (Phi) is 10.3. The molecule has 8 heteroatoms. The number of methoxy groups -OCH3 is 2. The smallest absolute Gasteiger partial charge is 0.302 e. The normalized spacial score (nSPS) is 20.6. The zero-order chi connectivity index (χ0) is 29.5. The number of ketones is 1. The third-order valence-electron chi connectivity index (χ3n) is 8.51. The second kappa shape index (κ2) is 13.9. The first-order valence-electron chi connectivity index (χ1n) is 14.5. The first-order chi connectivity index (χ1) is 19.7. The van der Waals surface area contributed by atoms with Crippen molar-refractivity contribution in [1.82, 2.24) is 5.32 Å². The van der Waals surface area contributed by atoms with Crippen molar-refractivity contribution >= 4 is 17.3 Å². The molecule has 2 aromatic carbocycles. The minimum absolute atomic E-state index is 0.0396. The standard InChI is InChI=1S/C33H43NO7/c1-20(35)41-25(11-9-21-10-12-30(37)32(13-21)39-3)15-24(36)16-28-26-8-6-5-7-22(26)14-23(19-34-2)27-17-31(38)33(40-4)18-29(27)28/h10,12-14,17-18,22,25-26,28,34,37-38H,5-9,11,15-16,19H2,1-4H3. The number of hydrogen-bond acceptors (Lipinski definition) is 8. The van der Waals surface area contributed by atoms with E-state index in [2.05, 4.69) is 11.4 Å². The van der Waals surface area contributed by atoms with Gasteiger partial charge in [-0.05, 0) is 97.0 Å². The number of ether oxygens (including phenoxy) is 3. The van der Waals surface area contributed by atoms with Crippen LogP contribution < -0.4 is 14.8 Å². The predicted molar refractivity (Wildman–Crippen MR) is 158 cm³/mol. The van der Waals surface area contributed by atoms with E-state index in [0.717, 1.165) is 47.9 Å². The van der Waals surface area contributed by atoms with Crippen molar-refractivity contribution in [2.75, 3.05) is 27.8 Å². The first kappa shape index (κ1) is 30.4. The maximum atomic E-state index is 13.7. The lowest BCUT2D eigenvalue weighted by molar-refractivity contribution is -0.147. The van der Waals surface area contributed by atoms with Crippen LogP contribution in [-0.4, -0.2) is 55.9 Å². The van der Waals surface area contributed by atoms with Gasteiger partial charge in [-0.2, -0.15) is 0 Å². The molecule has 4 atom stereocenters. The van der Waals surface area contributed by atoms with E-state index in [9.17, 15) is 19.8 Å². The molecular formula is C33H43NO7. The molecule has 3 N–H and O–H groups in total. The van der Waals surface area contributed by atoms with Gasteiger partial charge in [0.2, 0.25) is 0 Å². The van der Waals surface area contributed by atoms with E-state index in [-0.39, 0.29) is 29.6 Å². The van der Waals surface area contributed by atoms with Gasteiger partial charge in [-0.15, -0.1) is 0 Å². The number of phenolic OH excluding ortho intramolecular Hbond substituents is 2. The van der Waals surface area contributed by atoms with Gasteiger partial charge < -0.3 is 29.7 Å². The van der Waals surface area contributed by atoms with E-state index >= 15 is 0 Å². The molecule has 41 heavy (non-hydrogen) atoms. The minimum atomic E-state index is -0.556. The fourth-order valence-electron chi connectivity index (χ4n) is 6.64. The summed E-state index contributed by atoms with van der Waals surface area (Å²) in [6, 6.07) is 8.82. The highest BCUT2D eigenvalue weighted by molar-refractivity contribution is 5.82. The van der Waals surface area contributed by atoms with Gasteiger partial charge in [0.25, 0.3) is 0 Å². The van der Waals surface area contributed by atoms with Crippen LogP contribution >= 0.6 is 0 Å². The highest BCUT2D eigenvalue weighted by atomic mass is 16.5. The fraction of sp³-hybridized carbons (Fsp3) is 0.515. The van der Waals surface area contributed by atoms with Gasteiger partial charge in [0.05, 0.1) is 14.2 Å². The van der Waals surface area contributed by atoms with Crippen LogP contribution in [0.25, 0.3) is 5.57 Å². The second-order valence-corrected chi connectivity index (χ2v) is 11.3. The van der Waals surface area contributed by atoms with Gasteiger partial charge in [-0.3, -0.25) is 9.59 Å². The van der Waals surface area contributed by atoms with Crippen molar-refractivity contribution < 1.29 is 34.0 Å². The molecule has 222 valence electrons. The number of benzene rings is 2. The Labute approximate surface area is 242 Å².